The van der Waals surface area contributed by atoms with Gasteiger partial charge in [-0.1, -0.05) is 28.9 Å². The molecule has 0 radical (unpaired) electrons. The Morgan fingerprint density at radius 3 is 2.17 bits per heavy atom. The summed E-state index contributed by atoms with van der Waals surface area (Å²) in [5.41, 5.74) is 2.96. The lowest BCUT2D eigenvalue weighted by Crippen LogP contribution is -2.12. The fourth-order valence-electron chi connectivity index (χ4n) is 2.43. The Labute approximate surface area is 145 Å². The molecule has 0 fully saturated rings. The second-order valence-electron chi connectivity index (χ2n) is 5.34. The largest absolute Gasteiger partial charge is 0.361 e. The summed E-state index contributed by atoms with van der Waals surface area (Å²) in [6, 6.07) is 13.1. The standard InChI is InChI=1S/C17H15ClN2O3S/c1-11-17(12(2)23-19-11)13-3-9-16(10-4-13)24(21,22)20-15-7-5-14(18)6-8-15/h3-10,20H,1-2H3. The number of halogens is 1. The van der Waals surface area contributed by atoms with Crippen LogP contribution in [0.15, 0.2) is 57.9 Å². The highest BCUT2D eigenvalue weighted by molar-refractivity contribution is 7.92. The molecule has 0 spiro atoms. The van der Waals surface area contributed by atoms with E-state index in [0.29, 0.717) is 16.5 Å². The monoisotopic (exact) mass is 362 g/mol. The van der Waals surface area contributed by atoms with Gasteiger partial charge in [-0.2, -0.15) is 0 Å². The second kappa shape index (κ2) is 6.30. The lowest BCUT2D eigenvalue weighted by molar-refractivity contribution is 0.393. The van der Waals surface area contributed by atoms with E-state index in [1.807, 2.05) is 13.8 Å². The molecule has 0 amide bonds. The van der Waals surface area contributed by atoms with Crippen LogP contribution in [0.4, 0.5) is 5.69 Å². The molecule has 3 aromatic rings. The lowest BCUT2D eigenvalue weighted by atomic mass is 10.0. The number of rotatable bonds is 4. The van der Waals surface area contributed by atoms with Gasteiger partial charge in [0.25, 0.3) is 10.0 Å². The van der Waals surface area contributed by atoms with Gasteiger partial charge in [0.15, 0.2) is 0 Å². The average molecular weight is 363 g/mol. The van der Waals surface area contributed by atoms with E-state index in [4.69, 9.17) is 16.1 Å². The Balaban J connectivity index is 1.88. The summed E-state index contributed by atoms with van der Waals surface area (Å²) in [6.07, 6.45) is 0. The van der Waals surface area contributed by atoms with Crippen LogP contribution in [-0.4, -0.2) is 13.6 Å². The van der Waals surface area contributed by atoms with Crippen LogP contribution in [-0.2, 0) is 10.0 Å². The molecule has 1 heterocycles. The summed E-state index contributed by atoms with van der Waals surface area (Å²) in [7, 11) is -3.66. The van der Waals surface area contributed by atoms with Gasteiger partial charge in [0, 0.05) is 16.3 Å². The number of aryl methyl sites for hydroxylation is 2. The number of sulfonamides is 1. The zero-order valence-corrected chi connectivity index (χ0v) is 14.6. The van der Waals surface area contributed by atoms with Crippen molar-refractivity contribution < 1.29 is 12.9 Å². The predicted octanol–water partition coefficient (Wildman–Crippen LogP) is 4.41. The van der Waals surface area contributed by atoms with Gasteiger partial charge in [0.2, 0.25) is 0 Å². The quantitative estimate of drug-likeness (QED) is 0.746. The maximum atomic E-state index is 12.4. The predicted molar refractivity (Wildman–Crippen MR) is 93.7 cm³/mol. The van der Waals surface area contributed by atoms with E-state index in [2.05, 4.69) is 9.88 Å². The van der Waals surface area contributed by atoms with E-state index in [1.54, 1.807) is 48.5 Å². The van der Waals surface area contributed by atoms with Crippen molar-refractivity contribution in [2.45, 2.75) is 18.7 Å². The van der Waals surface area contributed by atoms with Crippen molar-refractivity contribution in [3.63, 3.8) is 0 Å². The zero-order valence-electron chi connectivity index (χ0n) is 13.1. The summed E-state index contributed by atoms with van der Waals surface area (Å²) in [6.45, 7) is 3.67. The van der Waals surface area contributed by atoms with E-state index >= 15 is 0 Å². The molecule has 0 saturated heterocycles. The van der Waals surface area contributed by atoms with Crippen molar-refractivity contribution in [3.05, 3.63) is 65.0 Å². The van der Waals surface area contributed by atoms with Gasteiger partial charge in [-0.05, 0) is 55.8 Å². The van der Waals surface area contributed by atoms with Crippen molar-refractivity contribution in [2.24, 2.45) is 0 Å². The van der Waals surface area contributed by atoms with Crippen LogP contribution in [0.1, 0.15) is 11.5 Å². The fourth-order valence-corrected chi connectivity index (χ4v) is 3.61. The average Bonchev–Trinajstić information content (AvgIpc) is 2.88. The van der Waals surface area contributed by atoms with Crippen LogP contribution in [0, 0.1) is 13.8 Å². The van der Waals surface area contributed by atoms with Crippen molar-refractivity contribution in [3.8, 4) is 11.1 Å². The summed E-state index contributed by atoms with van der Waals surface area (Å²) < 4.78 is 32.6. The lowest BCUT2D eigenvalue weighted by Gasteiger charge is -2.09. The van der Waals surface area contributed by atoms with Crippen LogP contribution in [0.2, 0.25) is 5.02 Å². The molecule has 1 aromatic heterocycles. The SMILES string of the molecule is Cc1noc(C)c1-c1ccc(S(=O)(=O)Nc2ccc(Cl)cc2)cc1. The number of hydrogen-bond donors (Lipinski definition) is 1. The molecule has 24 heavy (non-hydrogen) atoms. The number of aromatic nitrogens is 1. The molecule has 5 nitrogen and oxygen atoms in total. The third kappa shape index (κ3) is 3.29. The summed E-state index contributed by atoms with van der Waals surface area (Å²) in [4.78, 5) is 0.174. The molecule has 0 saturated carbocycles. The van der Waals surface area contributed by atoms with Crippen LogP contribution in [0.5, 0.6) is 0 Å². The molecule has 0 aliphatic carbocycles. The highest BCUT2D eigenvalue weighted by Gasteiger charge is 2.16. The Morgan fingerprint density at radius 1 is 1.00 bits per heavy atom. The van der Waals surface area contributed by atoms with Gasteiger partial charge in [0.1, 0.15) is 5.76 Å². The molecule has 3 rings (SSSR count). The Bertz CT molecular complexity index is 943. The Kier molecular flexibility index (Phi) is 4.34. The number of hydrogen-bond acceptors (Lipinski definition) is 4. The maximum Gasteiger partial charge on any atom is 0.261 e. The Morgan fingerprint density at radius 2 is 1.62 bits per heavy atom. The normalized spacial score (nSPS) is 11.5. The first-order valence-electron chi connectivity index (χ1n) is 7.18. The van der Waals surface area contributed by atoms with Crippen molar-refractivity contribution in [1.82, 2.24) is 5.16 Å². The van der Waals surface area contributed by atoms with Crippen molar-refractivity contribution in [2.75, 3.05) is 4.72 Å². The molecule has 0 unspecified atom stereocenters. The molecule has 0 bridgehead atoms. The van der Waals surface area contributed by atoms with Gasteiger partial charge in [-0.3, -0.25) is 4.72 Å². The first-order valence-corrected chi connectivity index (χ1v) is 9.04. The minimum Gasteiger partial charge on any atom is -0.361 e. The zero-order chi connectivity index (χ0) is 17.3. The second-order valence-corrected chi connectivity index (χ2v) is 7.45. The van der Waals surface area contributed by atoms with Crippen LogP contribution in [0.3, 0.4) is 0 Å². The van der Waals surface area contributed by atoms with Crippen molar-refractivity contribution in [1.29, 1.82) is 0 Å². The van der Waals surface area contributed by atoms with Gasteiger partial charge in [-0.25, -0.2) is 8.42 Å². The van der Waals surface area contributed by atoms with Gasteiger partial charge < -0.3 is 4.52 Å². The third-order valence-electron chi connectivity index (χ3n) is 3.58. The van der Waals surface area contributed by atoms with Gasteiger partial charge in [0.05, 0.1) is 10.6 Å². The molecule has 0 atom stereocenters. The Hall–Kier alpha value is -2.31. The van der Waals surface area contributed by atoms with Crippen LogP contribution >= 0.6 is 11.6 Å². The number of nitrogens with zero attached hydrogens (tertiary/aromatic N) is 1. The van der Waals surface area contributed by atoms with Crippen LogP contribution in [0.25, 0.3) is 11.1 Å². The van der Waals surface area contributed by atoms with Gasteiger partial charge in [-0.15, -0.1) is 0 Å². The minimum absolute atomic E-state index is 0.174. The van der Waals surface area contributed by atoms with E-state index in [1.165, 1.54) is 0 Å². The van der Waals surface area contributed by atoms with E-state index in [9.17, 15) is 8.42 Å². The first-order chi connectivity index (χ1) is 11.4. The highest BCUT2D eigenvalue weighted by atomic mass is 35.5. The van der Waals surface area contributed by atoms with Gasteiger partial charge >= 0.3 is 0 Å². The fraction of sp³-hybridized carbons (Fsp3) is 0.118. The van der Waals surface area contributed by atoms with Crippen molar-refractivity contribution >= 4 is 27.3 Å². The molecule has 0 aliphatic rings. The third-order valence-corrected chi connectivity index (χ3v) is 5.23. The molecule has 124 valence electrons. The summed E-state index contributed by atoms with van der Waals surface area (Å²) in [5.74, 6) is 0.697. The molecular formula is C17H15ClN2O3S. The van der Waals surface area contributed by atoms with E-state index in [-0.39, 0.29) is 4.90 Å². The molecule has 0 aliphatic heterocycles. The number of benzene rings is 2. The maximum absolute atomic E-state index is 12.4. The smallest absolute Gasteiger partial charge is 0.261 e. The number of nitrogens with one attached hydrogen (secondary N) is 1. The molecule has 2 aromatic carbocycles. The summed E-state index contributed by atoms with van der Waals surface area (Å²) in [5, 5.41) is 4.45. The highest BCUT2D eigenvalue weighted by Crippen LogP contribution is 2.28. The van der Waals surface area contributed by atoms with E-state index < -0.39 is 10.0 Å². The van der Waals surface area contributed by atoms with E-state index in [0.717, 1.165) is 16.8 Å². The van der Waals surface area contributed by atoms with Crippen LogP contribution < -0.4 is 4.72 Å². The molecular weight excluding hydrogens is 348 g/mol. The topological polar surface area (TPSA) is 72.2 Å². The summed E-state index contributed by atoms with van der Waals surface area (Å²) >= 11 is 5.80. The number of anilines is 1. The first kappa shape index (κ1) is 16.5. The minimum atomic E-state index is -3.66. The molecule has 7 heteroatoms. The molecule has 1 N–H and O–H groups in total.